The molecule has 3 heteroatoms. The predicted octanol–water partition coefficient (Wildman–Crippen LogP) is 4.68. The molecule has 0 atom stereocenters. The van der Waals surface area contributed by atoms with E-state index in [2.05, 4.69) is 80.4 Å². The van der Waals surface area contributed by atoms with E-state index in [0.29, 0.717) is 0 Å². The fourth-order valence-corrected chi connectivity index (χ4v) is 2.29. The van der Waals surface area contributed by atoms with Crippen molar-refractivity contribution in [1.29, 1.82) is 0 Å². The van der Waals surface area contributed by atoms with Gasteiger partial charge in [0.25, 0.3) is 0 Å². The van der Waals surface area contributed by atoms with E-state index in [1.54, 1.807) is 0 Å². The Labute approximate surface area is 131 Å². The fraction of sp³-hybridized carbons (Fsp3) is 0.286. The smallest absolute Gasteiger partial charge is 0 e. The zero-order valence-corrected chi connectivity index (χ0v) is 13.8. The molecule has 0 aromatic heterocycles. The molecule has 2 aromatic rings. The summed E-state index contributed by atoms with van der Waals surface area (Å²) in [5.41, 5.74) is 2.84. The van der Waals surface area contributed by atoms with Crippen molar-refractivity contribution >= 4 is 31.9 Å². The zero-order valence-electron chi connectivity index (χ0n) is 9.56. The summed E-state index contributed by atoms with van der Waals surface area (Å²) in [4.78, 5) is 0. The molecule has 0 aliphatic carbocycles. The number of aryl methyl sites for hydroxylation is 2. The molecule has 0 aliphatic rings. The average molecular weight is 400 g/mol. The molecule has 2 rings (SSSR count). The van der Waals surface area contributed by atoms with Gasteiger partial charge < -0.3 is 29.8 Å². The van der Waals surface area contributed by atoms with Gasteiger partial charge in [0, 0.05) is 17.1 Å². The maximum atomic E-state index is 3.37. The molecular weight excluding hydrogens is 384 g/mol. The first kappa shape index (κ1) is 17.2. The maximum absolute atomic E-state index is 3.37. The molecule has 100 valence electrons. The summed E-state index contributed by atoms with van der Waals surface area (Å²) in [5, 5.41) is 2.13. The van der Waals surface area contributed by atoms with Crippen molar-refractivity contribution in [3.05, 3.63) is 59.7 Å². The van der Waals surface area contributed by atoms with Crippen LogP contribution in [-0.2, 0) is 29.9 Å². The zero-order chi connectivity index (χ0) is 11.6. The largest absolute Gasteiger partial charge is 0.748 e. The van der Waals surface area contributed by atoms with Gasteiger partial charge in [-0.15, -0.1) is 0 Å². The fourth-order valence-electron chi connectivity index (χ4n) is 1.38. The molecule has 0 saturated carbocycles. The van der Waals surface area contributed by atoms with Crippen LogP contribution in [0, 0.1) is 0 Å². The molecule has 0 N–H and O–H groups in total. The van der Waals surface area contributed by atoms with Gasteiger partial charge in [0.15, 0.2) is 0 Å². The van der Waals surface area contributed by atoms with E-state index in [9.17, 15) is 0 Å². The van der Waals surface area contributed by atoms with Gasteiger partial charge in [-0.2, -0.15) is 17.7 Å². The minimum absolute atomic E-state index is 0. The van der Waals surface area contributed by atoms with Crippen LogP contribution in [0.3, 0.4) is 0 Å². The number of hydrogen-bond acceptors (Lipinski definition) is 0. The molecule has 17 heavy (non-hydrogen) atoms. The topological polar surface area (TPSA) is 0 Å². The van der Waals surface area contributed by atoms with Crippen LogP contribution in [0.4, 0.5) is 0 Å². The predicted molar refractivity (Wildman–Crippen MR) is 79.1 cm³/mol. The molecule has 0 nitrogen and oxygen atoms in total. The second-order valence-electron chi connectivity index (χ2n) is 3.46. The Morgan fingerprint density at radius 1 is 0.882 bits per heavy atom. The first-order valence-electron chi connectivity index (χ1n) is 5.40. The van der Waals surface area contributed by atoms with Crippen LogP contribution in [-0.4, -0.2) is 10.7 Å². The molecule has 0 radical (unpaired) electrons. The van der Waals surface area contributed by atoms with Gasteiger partial charge in [-0.3, -0.25) is 0 Å². The summed E-state index contributed by atoms with van der Waals surface area (Å²) >= 11 is 6.74. The Bertz CT molecular complexity index is 302. The van der Waals surface area contributed by atoms with Crippen molar-refractivity contribution in [1.82, 2.24) is 0 Å². The molecule has 0 unspecified atom stereocenters. The Kier molecular flexibility index (Phi) is 11.4. The van der Waals surface area contributed by atoms with Gasteiger partial charge in [0.2, 0.25) is 0 Å². The van der Waals surface area contributed by atoms with Crippen LogP contribution in [0.15, 0.2) is 48.5 Å². The maximum Gasteiger partial charge on any atom is 0 e. The second kappa shape index (κ2) is 11.3. The van der Waals surface area contributed by atoms with Crippen molar-refractivity contribution in [2.45, 2.75) is 12.8 Å². The SMILES string of the molecule is BrCC[c-]1[cH-][cH-][cH-][cH-]1.BrCC[c-]1cccc1.[Fe]. The van der Waals surface area contributed by atoms with E-state index >= 15 is 0 Å². The van der Waals surface area contributed by atoms with E-state index in [1.165, 1.54) is 11.1 Å². The Morgan fingerprint density at radius 3 is 1.88 bits per heavy atom. The van der Waals surface area contributed by atoms with Crippen LogP contribution in [0.25, 0.3) is 0 Å². The third-order valence-corrected chi connectivity index (χ3v) is 3.02. The minimum Gasteiger partial charge on any atom is -0.748 e. The van der Waals surface area contributed by atoms with E-state index in [0.717, 1.165) is 23.5 Å². The third kappa shape index (κ3) is 7.99. The molecule has 0 heterocycles. The summed E-state index contributed by atoms with van der Waals surface area (Å²) in [6, 6.07) is 16.8. The van der Waals surface area contributed by atoms with Gasteiger partial charge in [-0.1, -0.05) is 38.3 Å². The molecule has 0 spiro atoms. The number of halogens is 2. The average Bonchev–Trinajstić information content (AvgIpc) is 2.92. The van der Waals surface area contributed by atoms with E-state index < -0.39 is 0 Å². The molecule has 2 aromatic carbocycles. The Balaban J connectivity index is 0.000000284. The van der Waals surface area contributed by atoms with Crippen molar-refractivity contribution in [2.24, 2.45) is 0 Å². The van der Waals surface area contributed by atoms with Crippen LogP contribution >= 0.6 is 31.9 Å². The second-order valence-corrected chi connectivity index (χ2v) is 5.05. The molecular formula is C14H16Br2Fe-6. The van der Waals surface area contributed by atoms with Crippen LogP contribution < -0.4 is 0 Å². The van der Waals surface area contributed by atoms with Gasteiger partial charge in [-0.25, -0.2) is 18.6 Å². The van der Waals surface area contributed by atoms with Gasteiger partial charge in [0.05, 0.1) is 0 Å². The molecule has 0 saturated heterocycles. The summed E-state index contributed by atoms with van der Waals surface area (Å²) < 4.78 is 0. The Hall–Kier alpha value is 0.179. The van der Waals surface area contributed by atoms with E-state index in [-0.39, 0.29) is 17.1 Å². The minimum atomic E-state index is 0. The monoisotopic (exact) mass is 398 g/mol. The van der Waals surface area contributed by atoms with Crippen LogP contribution in [0.2, 0.25) is 0 Å². The number of alkyl halides is 2. The van der Waals surface area contributed by atoms with Crippen molar-refractivity contribution in [2.75, 3.05) is 10.7 Å². The third-order valence-electron chi connectivity index (χ3n) is 2.23. The van der Waals surface area contributed by atoms with Gasteiger partial charge in [-0.05, 0) is 10.7 Å². The number of rotatable bonds is 4. The number of hydrogen-bond donors (Lipinski definition) is 0. The van der Waals surface area contributed by atoms with Crippen molar-refractivity contribution < 1.29 is 17.1 Å². The standard InChI is InChI=1S/2C7H8Br.Fe/c2*8-6-5-7-3-1-2-4-7;/h2*1-4H,5-6H2;/q-5;-1;. The molecule has 0 amide bonds. The summed E-state index contributed by atoms with van der Waals surface area (Å²) in [7, 11) is 0. The van der Waals surface area contributed by atoms with Crippen LogP contribution in [0.5, 0.6) is 0 Å². The first-order chi connectivity index (χ1) is 7.86. The molecule has 0 bridgehead atoms. The Morgan fingerprint density at radius 2 is 1.41 bits per heavy atom. The van der Waals surface area contributed by atoms with E-state index in [4.69, 9.17) is 0 Å². The summed E-state index contributed by atoms with van der Waals surface area (Å²) in [6.45, 7) is 0. The molecule has 0 aliphatic heterocycles. The first-order valence-corrected chi connectivity index (χ1v) is 7.64. The summed E-state index contributed by atoms with van der Waals surface area (Å²) in [6.07, 6.45) is 2.29. The van der Waals surface area contributed by atoms with E-state index in [1.807, 2.05) is 0 Å². The quantitative estimate of drug-likeness (QED) is 0.397. The normalized spacial score (nSPS) is 9.06. The van der Waals surface area contributed by atoms with Crippen LogP contribution in [0.1, 0.15) is 11.1 Å². The van der Waals surface area contributed by atoms with Crippen molar-refractivity contribution in [3.8, 4) is 0 Å². The van der Waals surface area contributed by atoms with Crippen molar-refractivity contribution in [3.63, 3.8) is 0 Å². The molecule has 0 fully saturated rings. The van der Waals surface area contributed by atoms with Gasteiger partial charge >= 0.3 is 0 Å². The summed E-state index contributed by atoms with van der Waals surface area (Å²) in [5.74, 6) is 0. The van der Waals surface area contributed by atoms with Gasteiger partial charge in [0.1, 0.15) is 0 Å².